The minimum Gasteiger partial charge on any atom is -0.379 e. The quantitative estimate of drug-likeness (QED) is 0.732. The predicted octanol–water partition coefficient (Wildman–Crippen LogP) is 1.81. The van der Waals surface area contributed by atoms with Gasteiger partial charge in [0.05, 0.1) is 12.1 Å². The molecule has 0 aliphatic carbocycles. The van der Waals surface area contributed by atoms with Gasteiger partial charge in [0.2, 0.25) is 5.95 Å². The van der Waals surface area contributed by atoms with Gasteiger partial charge in [-0.25, -0.2) is 4.98 Å². The molecule has 0 amide bonds. The second-order valence-electron chi connectivity index (χ2n) is 3.86. The molecule has 2 rings (SSSR count). The van der Waals surface area contributed by atoms with E-state index in [0.29, 0.717) is 6.61 Å². The van der Waals surface area contributed by atoms with Crippen molar-refractivity contribution >= 4 is 5.69 Å². The lowest BCUT2D eigenvalue weighted by Crippen LogP contribution is -2.34. The lowest BCUT2D eigenvalue weighted by Gasteiger charge is -2.24. The van der Waals surface area contributed by atoms with Gasteiger partial charge in [-0.05, 0) is 19.4 Å². The van der Waals surface area contributed by atoms with Crippen LogP contribution in [0.5, 0.6) is 0 Å². The molecule has 1 aromatic heterocycles. The highest BCUT2D eigenvalue weighted by molar-refractivity contribution is 5.44. The number of hydrogen-bond acceptors (Lipinski definition) is 3. The third-order valence-corrected chi connectivity index (χ3v) is 2.39. The summed E-state index contributed by atoms with van der Waals surface area (Å²) < 4.78 is 18.1. The fourth-order valence-electron chi connectivity index (χ4n) is 1.59. The SMILES string of the molecule is CC1(Nc2ccnc(F)c2)CCOC1. The number of nitrogens with zero attached hydrogens (tertiary/aromatic N) is 1. The lowest BCUT2D eigenvalue weighted by atomic mass is 10.0. The van der Waals surface area contributed by atoms with Gasteiger partial charge in [0.1, 0.15) is 0 Å². The zero-order chi connectivity index (χ0) is 10.0. The Labute approximate surface area is 82.3 Å². The minimum absolute atomic E-state index is 0.0756. The summed E-state index contributed by atoms with van der Waals surface area (Å²) in [6, 6.07) is 3.15. The first kappa shape index (κ1) is 9.40. The highest BCUT2D eigenvalue weighted by Crippen LogP contribution is 2.23. The van der Waals surface area contributed by atoms with Crippen molar-refractivity contribution in [1.82, 2.24) is 4.98 Å². The van der Waals surface area contributed by atoms with E-state index in [1.165, 1.54) is 12.3 Å². The molecule has 1 N–H and O–H groups in total. The fourth-order valence-corrected chi connectivity index (χ4v) is 1.59. The fraction of sp³-hybridized carbons (Fsp3) is 0.500. The Morgan fingerprint density at radius 3 is 3.14 bits per heavy atom. The highest BCUT2D eigenvalue weighted by Gasteiger charge is 2.29. The number of halogens is 1. The van der Waals surface area contributed by atoms with Crippen LogP contribution in [0.15, 0.2) is 18.3 Å². The Bertz CT molecular complexity index is 324. The van der Waals surface area contributed by atoms with Gasteiger partial charge >= 0.3 is 0 Å². The molecule has 2 heterocycles. The van der Waals surface area contributed by atoms with Crippen molar-refractivity contribution in [1.29, 1.82) is 0 Å². The lowest BCUT2D eigenvalue weighted by molar-refractivity contribution is 0.185. The van der Waals surface area contributed by atoms with Crippen LogP contribution >= 0.6 is 0 Å². The second-order valence-corrected chi connectivity index (χ2v) is 3.86. The van der Waals surface area contributed by atoms with E-state index in [0.717, 1.165) is 18.7 Å². The zero-order valence-corrected chi connectivity index (χ0v) is 8.09. The van der Waals surface area contributed by atoms with Crippen LogP contribution in [0.3, 0.4) is 0 Å². The Morgan fingerprint density at radius 2 is 2.50 bits per heavy atom. The zero-order valence-electron chi connectivity index (χ0n) is 8.09. The van der Waals surface area contributed by atoms with Crippen LogP contribution in [-0.2, 0) is 4.74 Å². The average Bonchev–Trinajstić information content (AvgIpc) is 2.51. The minimum atomic E-state index is -0.461. The molecule has 1 aromatic rings. The van der Waals surface area contributed by atoms with Gasteiger partial charge in [0.15, 0.2) is 0 Å². The van der Waals surface area contributed by atoms with Gasteiger partial charge < -0.3 is 10.1 Å². The van der Waals surface area contributed by atoms with Crippen molar-refractivity contribution in [2.75, 3.05) is 18.5 Å². The number of nitrogens with one attached hydrogen (secondary N) is 1. The smallest absolute Gasteiger partial charge is 0.214 e. The van der Waals surface area contributed by atoms with Gasteiger partial charge in [-0.1, -0.05) is 0 Å². The number of aromatic nitrogens is 1. The Hall–Kier alpha value is -1.16. The van der Waals surface area contributed by atoms with Crippen LogP contribution < -0.4 is 5.32 Å². The van der Waals surface area contributed by atoms with Crippen molar-refractivity contribution in [3.63, 3.8) is 0 Å². The predicted molar refractivity (Wildman–Crippen MR) is 51.7 cm³/mol. The van der Waals surface area contributed by atoms with Crippen LogP contribution in [0.25, 0.3) is 0 Å². The molecule has 0 radical (unpaired) electrons. The number of ether oxygens (including phenoxy) is 1. The average molecular weight is 196 g/mol. The van der Waals surface area contributed by atoms with Gasteiger partial charge in [-0.15, -0.1) is 0 Å². The van der Waals surface area contributed by atoms with Crippen molar-refractivity contribution in [2.45, 2.75) is 18.9 Å². The maximum absolute atomic E-state index is 12.8. The van der Waals surface area contributed by atoms with E-state index in [2.05, 4.69) is 17.2 Å². The molecule has 4 heteroatoms. The molecule has 0 aromatic carbocycles. The van der Waals surface area contributed by atoms with Crippen molar-refractivity contribution in [3.8, 4) is 0 Å². The van der Waals surface area contributed by atoms with Gasteiger partial charge in [-0.3, -0.25) is 0 Å². The highest BCUT2D eigenvalue weighted by atomic mass is 19.1. The van der Waals surface area contributed by atoms with Crippen LogP contribution in [0.4, 0.5) is 10.1 Å². The summed E-state index contributed by atoms with van der Waals surface area (Å²) >= 11 is 0. The summed E-state index contributed by atoms with van der Waals surface area (Å²) in [6.07, 6.45) is 2.40. The topological polar surface area (TPSA) is 34.2 Å². The number of rotatable bonds is 2. The van der Waals surface area contributed by atoms with Crippen molar-refractivity contribution < 1.29 is 9.13 Å². The molecule has 0 bridgehead atoms. The summed E-state index contributed by atoms with van der Waals surface area (Å²) in [6.45, 7) is 3.49. The molecule has 3 nitrogen and oxygen atoms in total. The molecule has 0 spiro atoms. The summed E-state index contributed by atoms with van der Waals surface area (Å²) in [5, 5.41) is 3.25. The molecule has 1 saturated heterocycles. The summed E-state index contributed by atoms with van der Waals surface area (Å²) in [5.41, 5.74) is 0.679. The summed E-state index contributed by atoms with van der Waals surface area (Å²) in [7, 11) is 0. The third kappa shape index (κ3) is 2.01. The first-order valence-electron chi connectivity index (χ1n) is 4.65. The summed E-state index contributed by atoms with van der Waals surface area (Å²) in [4.78, 5) is 3.50. The van der Waals surface area contributed by atoms with Crippen molar-refractivity contribution in [2.24, 2.45) is 0 Å². The van der Waals surface area contributed by atoms with Gasteiger partial charge in [0, 0.05) is 24.6 Å². The van der Waals surface area contributed by atoms with E-state index in [1.54, 1.807) is 6.07 Å². The number of anilines is 1. The molecule has 76 valence electrons. The molecule has 0 saturated carbocycles. The molecule has 1 unspecified atom stereocenters. The van der Waals surface area contributed by atoms with Gasteiger partial charge in [-0.2, -0.15) is 4.39 Å². The van der Waals surface area contributed by atoms with E-state index >= 15 is 0 Å². The van der Waals surface area contributed by atoms with E-state index in [9.17, 15) is 4.39 Å². The Balaban J connectivity index is 2.10. The number of pyridine rings is 1. The maximum Gasteiger partial charge on any atom is 0.214 e. The first-order chi connectivity index (χ1) is 6.68. The van der Waals surface area contributed by atoms with E-state index in [-0.39, 0.29) is 5.54 Å². The third-order valence-electron chi connectivity index (χ3n) is 2.39. The van der Waals surface area contributed by atoms with Crippen LogP contribution in [0.2, 0.25) is 0 Å². The largest absolute Gasteiger partial charge is 0.379 e. The van der Waals surface area contributed by atoms with E-state index in [4.69, 9.17) is 4.74 Å². The van der Waals surface area contributed by atoms with Crippen LogP contribution in [0.1, 0.15) is 13.3 Å². The Kier molecular flexibility index (Phi) is 2.37. The number of hydrogen-bond donors (Lipinski definition) is 1. The van der Waals surface area contributed by atoms with Gasteiger partial charge in [0.25, 0.3) is 0 Å². The molecule has 1 aliphatic heterocycles. The molecule has 1 atom stereocenters. The maximum atomic E-state index is 12.8. The molecule has 14 heavy (non-hydrogen) atoms. The molecule has 1 fully saturated rings. The standard InChI is InChI=1S/C10H13FN2O/c1-10(3-5-14-7-10)13-8-2-4-12-9(11)6-8/h2,4,6H,3,5,7H2,1H3,(H,12,13). The molecular formula is C10H13FN2O. The normalized spacial score (nSPS) is 26.4. The van der Waals surface area contributed by atoms with Crippen LogP contribution in [0, 0.1) is 5.95 Å². The monoisotopic (exact) mass is 196 g/mol. The van der Waals surface area contributed by atoms with E-state index in [1.807, 2.05) is 0 Å². The molecular weight excluding hydrogens is 183 g/mol. The second kappa shape index (κ2) is 3.53. The van der Waals surface area contributed by atoms with E-state index < -0.39 is 5.95 Å². The molecule has 1 aliphatic rings. The summed E-state index contributed by atoms with van der Waals surface area (Å²) in [5.74, 6) is -0.461. The first-order valence-corrected chi connectivity index (χ1v) is 4.65. The van der Waals surface area contributed by atoms with Crippen LogP contribution in [-0.4, -0.2) is 23.7 Å². The van der Waals surface area contributed by atoms with Crippen molar-refractivity contribution in [3.05, 3.63) is 24.3 Å². The Morgan fingerprint density at radius 1 is 1.64 bits per heavy atom.